The molecule has 10 heteroatoms. The second-order valence-electron chi connectivity index (χ2n) is 4.35. The van der Waals surface area contributed by atoms with E-state index in [0.29, 0.717) is 24.5 Å². The first-order valence-electron chi connectivity index (χ1n) is 6.20. The van der Waals surface area contributed by atoms with Gasteiger partial charge < -0.3 is 9.05 Å². The normalized spacial score (nSPS) is 15.9. The highest BCUT2D eigenvalue weighted by Gasteiger charge is 2.15. The molecule has 0 aromatic carbocycles. The molecule has 0 aliphatic heterocycles. The Morgan fingerprint density at radius 2 is 1.50 bits per heavy atom. The summed E-state index contributed by atoms with van der Waals surface area (Å²) in [5.41, 5.74) is 0. The molecule has 0 aliphatic carbocycles. The zero-order valence-corrected chi connectivity index (χ0v) is 12.2. The van der Waals surface area contributed by atoms with Gasteiger partial charge in [0.15, 0.2) is 11.6 Å². The van der Waals surface area contributed by atoms with E-state index in [9.17, 15) is 4.57 Å². The highest BCUT2D eigenvalue weighted by Crippen LogP contribution is 2.29. The van der Waals surface area contributed by atoms with Crippen LogP contribution in [0, 0.1) is 0 Å². The molecule has 2 N–H and O–H groups in total. The van der Waals surface area contributed by atoms with Gasteiger partial charge in [0, 0.05) is 12.8 Å². The van der Waals surface area contributed by atoms with E-state index in [1.807, 2.05) is 0 Å². The van der Waals surface area contributed by atoms with E-state index < -0.39 is 8.25 Å². The lowest BCUT2D eigenvalue weighted by Crippen LogP contribution is -2.13. The molecule has 9 nitrogen and oxygen atoms in total. The van der Waals surface area contributed by atoms with Crippen molar-refractivity contribution in [1.29, 1.82) is 0 Å². The molecule has 0 amide bonds. The summed E-state index contributed by atoms with van der Waals surface area (Å²) in [5.74, 6) is 1.22. The molecule has 0 aliphatic rings. The summed E-state index contributed by atoms with van der Waals surface area (Å²) in [6.45, 7) is 3.59. The smallest absolute Gasteiger partial charge is 0.307 e. The van der Waals surface area contributed by atoms with Crippen molar-refractivity contribution in [3.8, 4) is 0 Å². The number of hydrogen-bond acceptors (Lipinski definition) is 7. The Labute approximate surface area is 116 Å². The Kier molecular flexibility index (Phi) is 5.40. The number of nitrogens with one attached hydrogen (secondary N) is 2. The van der Waals surface area contributed by atoms with Crippen LogP contribution in [0.2, 0.25) is 0 Å². The van der Waals surface area contributed by atoms with Gasteiger partial charge in [0.05, 0.1) is 12.2 Å². The van der Waals surface area contributed by atoms with E-state index in [2.05, 4.69) is 30.4 Å². The summed E-state index contributed by atoms with van der Waals surface area (Å²) >= 11 is 0. The maximum atomic E-state index is 11.8. The van der Waals surface area contributed by atoms with Gasteiger partial charge in [0.25, 0.3) is 0 Å². The fraction of sp³-hybridized carbons (Fsp3) is 0.600. The second-order valence-corrected chi connectivity index (χ2v) is 5.32. The van der Waals surface area contributed by atoms with Gasteiger partial charge in [0.1, 0.15) is 12.7 Å². The van der Waals surface area contributed by atoms with Crippen LogP contribution in [0.15, 0.2) is 12.7 Å². The van der Waals surface area contributed by atoms with Gasteiger partial charge in [-0.1, -0.05) is 0 Å². The predicted molar refractivity (Wildman–Crippen MR) is 70.3 cm³/mol. The quantitative estimate of drug-likeness (QED) is 0.695. The number of H-pyrrole nitrogens is 2. The Morgan fingerprint density at radius 3 is 1.85 bits per heavy atom. The lowest BCUT2D eigenvalue weighted by atomic mass is 10.3. The van der Waals surface area contributed by atoms with Crippen LogP contribution in [-0.2, 0) is 26.5 Å². The van der Waals surface area contributed by atoms with Crippen molar-refractivity contribution in [2.24, 2.45) is 0 Å². The van der Waals surface area contributed by atoms with E-state index in [1.54, 1.807) is 13.8 Å². The zero-order valence-electron chi connectivity index (χ0n) is 11.2. The predicted octanol–water partition coefficient (Wildman–Crippen LogP) is 0.908. The van der Waals surface area contributed by atoms with Gasteiger partial charge in [-0.2, -0.15) is 10.2 Å². The monoisotopic (exact) mass is 300 g/mol. The summed E-state index contributed by atoms with van der Waals surface area (Å²) < 4.78 is 22.4. The Morgan fingerprint density at radius 1 is 1.05 bits per heavy atom. The van der Waals surface area contributed by atoms with Crippen LogP contribution in [0.4, 0.5) is 0 Å². The lowest BCUT2D eigenvalue weighted by Gasteiger charge is -2.14. The van der Waals surface area contributed by atoms with Gasteiger partial charge in [-0.3, -0.25) is 14.8 Å². The molecule has 20 heavy (non-hydrogen) atoms. The Balaban J connectivity index is 1.71. The molecular weight excluding hydrogens is 283 g/mol. The third-order valence-corrected chi connectivity index (χ3v) is 3.65. The summed E-state index contributed by atoms with van der Waals surface area (Å²) in [7, 11) is -2.57. The van der Waals surface area contributed by atoms with E-state index >= 15 is 0 Å². The first-order valence-corrected chi connectivity index (χ1v) is 7.42. The third kappa shape index (κ3) is 4.84. The first-order chi connectivity index (χ1) is 9.63. The van der Waals surface area contributed by atoms with Crippen LogP contribution in [0.25, 0.3) is 0 Å². The zero-order chi connectivity index (χ0) is 14.4. The van der Waals surface area contributed by atoms with Crippen molar-refractivity contribution < 1.29 is 13.6 Å². The number of nitrogens with zero attached hydrogens (tertiary/aromatic N) is 4. The fourth-order valence-electron chi connectivity index (χ4n) is 1.62. The van der Waals surface area contributed by atoms with Crippen molar-refractivity contribution in [2.45, 2.75) is 38.9 Å². The number of rotatable bonds is 8. The summed E-state index contributed by atoms with van der Waals surface area (Å²) in [4.78, 5) is 7.95. The van der Waals surface area contributed by atoms with Gasteiger partial charge in [-0.15, -0.1) is 0 Å². The van der Waals surface area contributed by atoms with Gasteiger partial charge in [-0.25, -0.2) is 9.97 Å². The molecule has 2 heterocycles. The number of aromatic amines is 2. The molecular formula is C10H17N6O3P. The van der Waals surface area contributed by atoms with Crippen molar-refractivity contribution in [3.05, 3.63) is 24.3 Å². The first kappa shape index (κ1) is 14.8. The Hall–Kier alpha value is -1.57. The summed E-state index contributed by atoms with van der Waals surface area (Å²) in [6, 6.07) is 0. The summed E-state index contributed by atoms with van der Waals surface area (Å²) in [6.07, 6.45) is 3.35. The molecule has 0 bridgehead atoms. The fourth-order valence-corrected chi connectivity index (χ4v) is 2.50. The Bertz CT molecular complexity index is 471. The van der Waals surface area contributed by atoms with Crippen LogP contribution < -0.4 is 0 Å². The third-order valence-electron chi connectivity index (χ3n) is 2.46. The molecule has 0 saturated heterocycles. The van der Waals surface area contributed by atoms with Crippen LogP contribution in [0.5, 0.6) is 0 Å². The van der Waals surface area contributed by atoms with Crippen LogP contribution in [0.3, 0.4) is 0 Å². The van der Waals surface area contributed by atoms with E-state index in [1.165, 1.54) is 12.7 Å². The van der Waals surface area contributed by atoms with E-state index in [0.717, 1.165) is 0 Å². The number of hydrogen-bond donors (Lipinski definition) is 2. The van der Waals surface area contributed by atoms with Crippen molar-refractivity contribution >= 4 is 8.25 Å². The molecule has 2 aromatic rings. The lowest BCUT2D eigenvalue weighted by molar-refractivity contribution is 0.143. The number of aromatic nitrogens is 6. The van der Waals surface area contributed by atoms with Crippen LogP contribution in [0.1, 0.15) is 25.5 Å². The average molecular weight is 300 g/mol. The van der Waals surface area contributed by atoms with Crippen molar-refractivity contribution in [3.63, 3.8) is 0 Å². The maximum absolute atomic E-state index is 11.8. The standard InChI is InChI=1S/C10H17N6O3P/c1-7(3-9-11-5-13-15-9)18-20(17)19-8(2)4-10-12-6-14-16-10/h5-8,20H,3-4H2,1-2H3,(H,11,13,15)(H,12,14,16). The minimum absolute atomic E-state index is 0.284. The molecule has 2 atom stereocenters. The van der Waals surface area contributed by atoms with Crippen LogP contribution in [-0.4, -0.2) is 42.6 Å². The van der Waals surface area contributed by atoms with Crippen molar-refractivity contribution in [1.82, 2.24) is 30.4 Å². The maximum Gasteiger partial charge on any atom is 0.319 e. The molecule has 0 radical (unpaired) electrons. The van der Waals surface area contributed by atoms with Gasteiger partial charge in [0.2, 0.25) is 0 Å². The molecule has 0 saturated carbocycles. The van der Waals surface area contributed by atoms with Gasteiger partial charge in [-0.05, 0) is 13.8 Å². The average Bonchev–Trinajstić information content (AvgIpc) is 3.01. The van der Waals surface area contributed by atoms with Crippen LogP contribution >= 0.6 is 8.25 Å². The highest BCUT2D eigenvalue weighted by molar-refractivity contribution is 7.33. The topological polar surface area (TPSA) is 119 Å². The molecule has 2 aromatic heterocycles. The largest absolute Gasteiger partial charge is 0.319 e. The minimum atomic E-state index is -2.57. The molecule has 110 valence electrons. The molecule has 0 fully saturated rings. The summed E-state index contributed by atoms with van der Waals surface area (Å²) in [5, 5.41) is 13.0. The SMILES string of the molecule is CC(Cc1nc[nH]n1)O[PH](=O)OC(C)Cc1nc[nH]n1. The molecule has 2 rings (SSSR count). The van der Waals surface area contributed by atoms with E-state index in [4.69, 9.17) is 9.05 Å². The van der Waals surface area contributed by atoms with E-state index in [-0.39, 0.29) is 12.2 Å². The molecule has 0 spiro atoms. The second kappa shape index (κ2) is 7.28. The van der Waals surface area contributed by atoms with Crippen molar-refractivity contribution in [2.75, 3.05) is 0 Å². The van der Waals surface area contributed by atoms with Gasteiger partial charge >= 0.3 is 8.25 Å². The minimum Gasteiger partial charge on any atom is -0.307 e. The molecule has 2 unspecified atom stereocenters. The highest BCUT2D eigenvalue weighted by atomic mass is 31.1.